The minimum absolute atomic E-state index is 0.135. The molecule has 0 saturated carbocycles. The number of carbonyl (C=O) groups excluding carboxylic acids is 1. The lowest BCUT2D eigenvalue weighted by atomic mass is 9.97. The molecule has 21 heavy (non-hydrogen) atoms. The molecule has 1 saturated heterocycles. The first-order valence-electron chi connectivity index (χ1n) is 7.79. The highest BCUT2D eigenvalue weighted by atomic mass is 16.3. The molecule has 0 spiro atoms. The van der Waals surface area contributed by atoms with Crippen molar-refractivity contribution in [1.29, 1.82) is 0 Å². The highest BCUT2D eigenvalue weighted by Crippen LogP contribution is 2.21. The van der Waals surface area contributed by atoms with Crippen LogP contribution in [0.25, 0.3) is 0 Å². The van der Waals surface area contributed by atoms with Crippen LogP contribution >= 0.6 is 0 Å². The third kappa shape index (κ3) is 3.83. The second-order valence-corrected chi connectivity index (χ2v) is 5.99. The number of hydrogen-bond acceptors (Lipinski definition) is 3. The van der Waals surface area contributed by atoms with Crippen molar-refractivity contribution in [2.75, 3.05) is 31.1 Å². The van der Waals surface area contributed by atoms with E-state index in [0.717, 1.165) is 30.8 Å². The molecule has 1 N–H and O–H groups in total. The van der Waals surface area contributed by atoms with Crippen molar-refractivity contribution in [2.45, 2.75) is 33.3 Å². The fourth-order valence-electron chi connectivity index (χ4n) is 2.99. The average Bonchev–Trinajstić information content (AvgIpc) is 2.46. The van der Waals surface area contributed by atoms with Crippen molar-refractivity contribution in [3.63, 3.8) is 0 Å². The van der Waals surface area contributed by atoms with Gasteiger partial charge in [0.25, 0.3) is 0 Å². The number of likely N-dealkylation sites (N-methyl/N-ethyl adjacent to an activating group) is 1. The third-order valence-corrected chi connectivity index (χ3v) is 4.33. The number of aryl methyl sites for hydroxylation is 1. The molecule has 1 heterocycles. The lowest BCUT2D eigenvalue weighted by Gasteiger charge is -2.35. The largest absolute Gasteiger partial charge is 0.393 e. The summed E-state index contributed by atoms with van der Waals surface area (Å²) in [5.74, 6) is 0.371. The second kappa shape index (κ2) is 7.05. The number of amides is 1. The Kier molecular flexibility index (Phi) is 5.37. The van der Waals surface area contributed by atoms with E-state index in [1.54, 1.807) is 0 Å². The van der Waals surface area contributed by atoms with Gasteiger partial charge >= 0.3 is 0 Å². The number of para-hydroxylation sites is 1. The number of likely N-dealkylation sites (tertiary alicyclic amines) is 1. The number of hydrogen-bond donors (Lipinski definition) is 1. The van der Waals surface area contributed by atoms with Gasteiger partial charge in [0.2, 0.25) is 5.91 Å². The average molecular weight is 290 g/mol. The summed E-state index contributed by atoms with van der Waals surface area (Å²) in [5.41, 5.74) is 2.12. The Morgan fingerprint density at radius 2 is 2.14 bits per heavy atom. The molecule has 0 bridgehead atoms. The Morgan fingerprint density at radius 1 is 1.43 bits per heavy atom. The maximum Gasteiger partial charge on any atom is 0.241 e. The predicted molar refractivity (Wildman–Crippen MR) is 85.4 cm³/mol. The molecule has 2 atom stereocenters. The van der Waals surface area contributed by atoms with Gasteiger partial charge in [0.05, 0.1) is 12.6 Å². The van der Waals surface area contributed by atoms with Crippen LogP contribution in [0.5, 0.6) is 0 Å². The van der Waals surface area contributed by atoms with Gasteiger partial charge < -0.3 is 10.0 Å². The molecule has 0 aliphatic carbocycles. The first-order valence-corrected chi connectivity index (χ1v) is 7.79. The van der Waals surface area contributed by atoms with Crippen LogP contribution < -0.4 is 4.90 Å². The molecule has 4 heteroatoms. The molecule has 1 aromatic carbocycles. The molecule has 1 aliphatic rings. The summed E-state index contributed by atoms with van der Waals surface area (Å²) >= 11 is 0. The fraction of sp³-hybridized carbons (Fsp3) is 0.588. The zero-order valence-corrected chi connectivity index (χ0v) is 13.2. The van der Waals surface area contributed by atoms with E-state index in [-0.39, 0.29) is 17.9 Å². The number of nitrogens with zero attached hydrogens (tertiary/aromatic N) is 2. The van der Waals surface area contributed by atoms with Crippen LogP contribution in [0.2, 0.25) is 0 Å². The van der Waals surface area contributed by atoms with Crippen LogP contribution in [-0.4, -0.2) is 48.2 Å². The normalized spacial score (nSPS) is 23.0. The maximum absolute atomic E-state index is 12.6. The quantitative estimate of drug-likeness (QED) is 0.923. The molecule has 116 valence electrons. The van der Waals surface area contributed by atoms with E-state index in [0.29, 0.717) is 13.1 Å². The van der Waals surface area contributed by atoms with Crippen LogP contribution in [-0.2, 0) is 4.79 Å². The van der Waals surface area contributed by atoms with Gasteiger partial charge in [-0.3, -0.25) is 9.69 Å². The number of benzene rings is 1. The smallest absolute Gasteiger partial charge is 0.241 e. The summed E-state index contributed by atoms with van der Waals surface area (Å²) in [6.07, 6.45) is 0.528. The Hall–Kier alpha value is -1.39. The van der Waals surface area contributed by atoms with E-state index >= 15 is 0 Å². The van der Waals surface area contributed by atoms with Crippen LogP contribution in [0.3, 0.4) is 0 Å². The number of rotatable bonds is 4. The highest BCUT2D eigenvalue weighted by Gasteiger charge is 2.26. The van der Waals surface area contributed by atoms with E-state index in [4.69, 9.17) is 0 Å². The summed E-state index contributed by atoms with van der Waals surface area (Å²) < 4.78 is 0. The summed E-state index contributed by atoms with van der Waals surface area (Å²) in [6, 6.07) is 7.99. The number of piperidine rings is 1. The molecule has 0 aromatic heterocycles. The number of aliphatic hydroxyl groups excluding tert-OH is 1. The Morgan fingerprint density at radius 3 is 2.76 bits per heavy atom. The fourth-order valence-corrected chi connectivity index (χ4v) is 2.99. The molecule has 0 radical (unpaired) electrons. The van der Waals surface area contributed by atoms with Crippen molar-refractivity contribution in [3.05, 3.63) is 29.8 Å². The van der Waals surface area contributed by atoms with E-state index in [1.807, 2.05) is 49.9 Å². The molecule has 1 aliphatic heterocycles. The molecule has 2 unspecified atom stereocenters. The topological polar surface area (TPSA) is 43.8 Å². The lowest BCUT2D eigenvalue weighted by molar-refractivity contribution is -0.120. The molecule has 1 amide bonds. The van der Waals surface area contributed by atoms with E-state index in [1.165, 1.54) is 0 Å². The molecular formula is C17H26N2O2. The van der Waals surface area contributed by atoms with Crippen LogP contribution in [0.4, 0.5) is 5.69 Å². The number of aliphatic hydroxyl groups is 1. The van der Waals surface area contributed by atoms with Crippen molar-refractivity contribution in [2.24, 2.45) is 5.92 Å². The van der Waals surface area contributed by atoms with Gasteiger partial charge in [-0.25, -0.2) is 0 Å². The molecule has 1 aromatic rings. The minimum atomic E-state index is -0.227. The van der Waals surface area contributed by atoms with Gasteiger partial charge in [0.15, 0.2) is 0 Å². The van der Waals surface area contributed by atoms with Crippen LogP contribution in [0.1, 0.15) is 25.8 Å². The Bertz CT molecular complexity index is 489. The number of carbonyl (C=O) groups is 1. The zero-order valence-electron chi connectivity index (χ0n) is 13.2. The Balaban J connectivity index is 2.03. The summed E-state index contributed by atoms with van der Waals surface area (Å²) in [6.45, 7) is 8.77. The summed E-state index contributed by atoms with van der Waals surface area (Å²) in [5, 5.41) is 9.78. The summed E-state index contributed by atoms with van der Waals surface area (Å²) in [4.78, 5) is 16.6. The van der Waals surface area contributed by atoms with Crippen molar-refractivity contribution in [1.82, 2.24) is 4.90 Å². The van der Waals surface area contributed by atoms with E-state index in [2.05, 4.69) is 4.90 Å². The van der Waals surface area contributed by atoms with Gasteiger partial charge in [0, 0.05) is 25.3 Å². The monoisotopic (exact) mass is 290 g/mol. The lowest BCUT2D eigenvalue weighted by Crippen LogP contribution is -2.47. The van der Waals surface area contributed by atoms with Gasteiger partial charge in [-0.15, -0.1) is 0 Å². The first-order chi connectivity index (χ1) is 10.0. The third-order valence-electron chi connectivity index (χ3n) is 4.33. The number of anilines is 1. The standard InChI is InChI=1S/C17H26N2O2/c1-4-19(15-8-6-5-7-13(15)2)17(21)12-18-10-9-16(20)14(3)11-18/h5-8,14,16,20H,4,9-12H2,1-3H3. The van der Waals surface area contributed by atoms with Gasteiger partial charge in [-0.05, 0) is 37.8 Å². The van der Waals surface area contributed by atoms with E-state index in [9.17, 15) is 9.90 Å². The van der Waals surface area contributed by atoms with Gasteiger partial charge in [0.1, 0.15) is 0 Å². The van der Waals surface area contributed by atoms with Crippen LogP contribution in [0, 0.1) is 12.8 Å². The molecule has 1 fully saturated rings. The second-order valence-electron chi connectivity index (χ2n) is 5.99. The van der Waals surface area contributed by atoms with Crippen molar-refractivity contribution >= 4 is 11.6 Å². The molecular weight excluding hydrogens is 264 g/mol. The SMILES string of the molecule is CCN(C(=O)CN1CCC(O)C(C)C1)c1ccccc1C. The summed E-state index contributed by atoms with van der Waals surface area (Å²) in [7, 11) is 0. The molecule has 4 nitrogen and oxygen atoms in total. The minimum Gasteiger partial charge on any atom is -0.393 e. The Labute approximate surface area is 127 Å². The highest BCUT2D eigenvalue weighted by molar-refractivity contribution is 5.95. The molecule has 2 rings (SSSR count). The van der Waals surface area contributed by atoms with E-state index < -0.39 is 0 Å². The predicted octanol–water partition coefficient (Wildman–Crippen LogP) is 2.05. The van der Waals surface area contributed by atoms with Crippen LogP contribution in [0.15, 0.2) is 24.3 Å². The zero-order chi connectivity index (χ0) is 15.4. The van der Waals surface area contributed by atoms with Crippen molar-refractivity contribution < 1.29 is 9.90 Å². The maximum atomic E-state index is 12.6. The van der Waals surface area contributed by atoms with Gasteiger partial charge in [-0.2, -0.15) is 0 Å². The first kappa shape index (κ1) is 16.0. The van der Waals surface area contributed by atoms with Crippen molar-refractivity contribution in [3.8, 4) is 0 Å². The van der Waals surface area contributed by atoms with Gasteiger partial charge in [-0.1, -0.05) is 25.1 Å².